The molecular formula is C15H27NO8Pt. The Labute approximate surface area is 161 Å². The Morgan fingerprint density at radius 1 is 0.880 bits per heavy atom. The van der Waals surface area contributed by atoms with Crippen LogP contribution >= 0.6 is 0 Å². The predicted octanol–water partition coefficient (Wildman–Crippen LogP) is 2.55. The van der Waals surface area contributed by atoms with Gasteiger partial charge in [0.2, 0.25) is 0 Å². The normalized spacial score (nSPS) is 17.4. The van der Waals surface area contributed by atoms with Gasteiger partial charge in [0.25, 0.3) is 0 Å². The molecule has 25 heavy (non-hydrogen) atoms. The van der Waals surface area contributed by atoms with Crippen LogP contribution in [0.3, 0.4) is 0 Å². The van der Waals surface area contributed by atoms with Gasteiger partial charge in [-0.25, -0.2) is 9.59 Å². The van der Waals surface area contributed by atoms with Crippen molar-refractivity contribution in [1.29, 1.82) is 0 Å². The van der Waals surface area contributed by atoms with Gasteiger partial charge in [0, 0.05) is 12.8 Å². The summed E-state index contributed by atoms with van der Waals surface area (Å²) in [4.78, 5) is 36.9. The van der Waals surface area contributed by atoms with E-state index in [1.54, 1.807) is 13.8 Å². The van der Waals surface area contributed by atoms with E-state index in [4.69, 9.17) is 35.7 Å². The van der Waals surface area contributed by atoms with Gasteiger partial charge in [-0.3, -0.25) is 9.59 Å². The molecule has 0 radical (unpaired) electrons. The maximum atomic E-state index is 9.37. The predicted molar refractivity (Wildman–Crippen MR) is 86.5 cm³/mol. The van der Waals surface area contributed by atoms with Crippen molar-refractivity contribution in [3.05, 3.63) is 12.7 Å². The van der Waals surface area contributed by atoms with Crippen LogP contribution in [0.25, 0.3) is 5.73 Å². The number of aliphatic carboxylic acids is 4. The monoisotopic (exact) mass is 544 g/mol. The minimum atomic E-state index is -1.82. The first-order valence-electron chi connectivity index (χ1n) is 7.43. The fraction of sp³-hybridized carbons (Fsp3) is 0.667. The Kier molecular flexibility index (Phi) is 25.8. The van der Waals surface area contributed by atoms with Crippen LogP contribution in [0, 0.1) is 12.8 Å². The van der Waals surface area contributed by atoms with Gasteiger partial charge in [-0.05, 0) is 0 Å². The molecule has 0 aromatic rings. The third-order valence-corrected chi connectivity index (χ3v) is 2.70. The van der Waals surface area contributed by atoms with Crippen LogP contribution in [0.4, 0.5) is 0 Å². The molecule has 1 fully saturated rings. The number of carboxylic acid groups (broad SMARTS) is 4. The zero-order valence-electron chi connectivity index (χ0n) is 14.3. The number of nitrogens with one attached hydrogen (secondary N) is 1. The summed E-state index contributed by atoms with van der Waals surface area (Å²) >= 11 is 0. The van der Waals surface area contributed by atoms with Crippen molar-refractivity contribution >= 4 is 23.9 Å². The van der Waals surface area contributed by atoms with E-state index in [1.165, 1.54) is 19.3 Å². The molecule has 5 N–H and O–H groups in total. The summed E-state index contributed by atoms with van der Waals surface area (Å²) in [5, 5.41) is 30.2. The van der Waals surface area contributed by atoms with Gasteiger partial charge in [-0.15, -0.1) is 0 Å². The third kappa shape index (κ3) is 30.9. The molecule has 0 saturated heterocycles. The molecule has 1 aliphatic rings. The molecule has 2 unspecified atom stereocenters. The van der Waals surface area contributed by atoms with E-state index in [2.05, 4.69) is 6.92 Å². The average Bonchev–Trinajstić information content (AvgIpc) is 2.51. The number of carbonyl (C=O) groups is 4. The largest absolute Gasteiger partial charge is 2.00 e. The van der Waals surface area contributed by atoms with Gasteiger partial charge in [0.15, 0.2) is 0 Å². The Balaban J connectivity index is -0.000000119. The van der Waals surface area contributed by atoms with Gasteiger partial charge in [-0.1, -0.05) is 39.5 Å². The van der Waals surface area contributed by atoms with Crippen LogP contribution in [0.15, 0.2) is 0 Å². The second-order valence-electron chi connectivity index (χ2n) is 4.76. The van der Waals surface area contributed by atoms with Crippen LogP contribution in [-0.2, 0) is 40.2 Å². The van der Waals surface area contributed by atoms with Gasteiger partial charge >= 0.3 is 44.9 Å². The van der Waals surface area contributed by atoms with Crippen LogP contribution < -0.4 is 0 Å². The standard InChI is InChI=1S/C7H13N.2C3H6O2.C2H2O4.Pt/c1-6-4-2-3-5-7(6)8;2*1-2-3(4)5;3-1(4)2(5)6;/h6-8H,1-5H2;2*2H2,1H3,(H,4,5);(H,3,4)(H,5,6);/q-2;;;;+2. The van der Waals surface area contributed by atoms with Crippen molar-refractivity contribution in [2.75, 3.05) is 0 Å². The van der Waals surface area contributed by atoms with E-state index in [0.717, 1.165) is 6.42 Å². The molecule has 2 atom stereocenters. The van der Waals surface area contributed by atoms with Crippen molar-refractivity contribution in [1.82, 2.24) is 0 Å². The average molecular weight is 544 g/mol. The van der Waals surface area contributed by atoms with Gasteiger partial charge in [0.1, 0.15) is 0 Å². The smallest absolute Gasteiger partial charge is 0.677 e. The summed E-state index contributed by atoms with van der Waals surface area (Å²) in [6, 6.07) is 0.142. The molecule has 150 valence electrons. The zero-order chi connectivity index (χ0) is 19.7. The summed E-state index contributed by atoms with van der Waals surface area (Å²) in [6.07, 6.45) is 5.24. The van der Waals surface area contributed by atoms with E-state index in [0.29, 0.717) is 5.92 Å². The Bertz CT molecular complexity index is 354. The van der Waals surface area contributed by atoms with E-state index in [1.807, 2.05) is 0 Å². The van der Waals surface area contributed by atoms with Crippen LogP contribution in [0.2, 0.25) is 0 Å². The topological polar surface area (TPSA) is 173 Å². The van der Waals surface area contributed by atoms with E-state index in [-0.39, 0.29) is 39.9 Å². The number of carboxylic acids is 4. The van der Waals surface area contributed by atoms with Gasteiger partial charge in [0.05, 0.1) is 0 Å². The molecule has 0 bridgehead atoms. The van der Waals surface area contributed by atoms with Crippen molar-refractivity contribution in [2.24, 2.45) is 5.92 Å². The molecule has 9 nitrogen and oxygen atoms in total. The second-order valence-corrected chi connectivity index (χ2v) is 4.76. The SMILES string of the molecule is CCC(=O)O.CCC(=O)O.O=C(O)C(=O)O.[CH2-]C1CCCCC1[NH-].[Pt+2]. The molecular weight excluding hydrogens is 517 g/mol. The molecule has 1 saturated carbocycles. The Morgan fingerprint density at radius 2 is 1.16 bits per heavy atom. The van der Waals surface area contributed by atoms with Gasteiger partial charge in [-0.2, -0.15) is 12.0 Å². The first-order valence-corrected chi connectivity index (χ1v) is 7.43. The first-order chi connectivity index (χ1) is 11.0. The minimum absolute atomic E-state index is 0. The Hall–Kier alpha value is -1.47. The maximum absolute atomic E-state index is 9.37. The molecule has 0 aromatic heterocycles. The Morgan fingerprint density at radius 3 is 1.28 bits per heavy atom. The van der Waals surface area contributed by atoms with E-state index < -0.39 is 23.9 Å². The number of rotatable bonds is 2. The third-order valence-electron chi connectivity index (χ3n) is 2.70. The maximum Gasteiger partial charge on any atom is 2.00 e. The molecule has 0 heterocycles. The molecule has 0 aromatic carbocycles. The second kappa shape index (κ2) is 20.6. The van der Waals surface area contributed by atoms with Gasteiger partial charge < -0.3 is 33.1 Å². The quantitative estimate of drug-likeness (QED) is 0.303. The molecule has 0 aliphatic heterocycles. The summed E-state index contributed by atoms with van der Waals surface area (Å²) < 4.78 is 0. The van der Waals surface area contributed by atoms with E-state index >= 15 is 0 Å². The number of hydrogen-bond donors (Lipinski definition) is 4. The zero-order valence-corrected chi connectivity index (χ0v) is 16.6. The molecule has 0 spiro atoms. The van der Waals surface area contributed by atoms with E-state index in [9.17, 15) is 9.59 Å². The van der Waals surface area contributed by atoms with Crippen LogP contribution in [0.5, 0.6) is 0 Å². The summed E-state index contributed by atoms with van der Waals surface area (Å²) in [5.74, 6) is -4.72. The molecule has 1 aliphatic carbocycles. The summed E-state index contributed by atoms with van der Waals surface area (Å²) in [6.45, 7) is 7.09. The van der Waals surface area contributed by atoms with Crippen molar-refractivity contribution in [3.8, 4) is 0 Å². The first kappa shape index (κ1) is 31.3. The fourth-order valence-electron chi connectivity index (χ4n) is 1.21. The molecule has 1 rings (SSSR count). The van der Waals surface area contributed by atoms with Crippen LogP contribution in [-0.4, -0.2) is 50.3 Å². The van der Waals surface area contributed by atoms with Crippen molar-refractivity contribution in [3.63, 3.8) is 0 Å². The summed E-state index contributed by atoms with van der Waals surface area (Å²) in [7, 11) is 0. The van der Waals surface area contributed by atoms with Crippen LogP contribution in [0.1, 0.15) is 52.4 Å². The fourth-order valence-corrected chi connectivity index (χ4v) is 1.21. The number of hydrogen-bond acceptors (Lipinski definition) is 4. The summed E-state index contributed by atoms with van der Waals surface area (Å²) in [5.41, 5.74) is 7.42. The molecule has 0 amide bonds. The van der Waals surface area contributed by atoms with Crippen molar-refractivity contribution < 1.29 is 60.7 Å². The van der Waals surface area contributed by atoms with Crippen molar-refractivity contribution in [2.45, 2.75) is 58.4 Å². The molecule has 10 heteroatoms. The minimum Gasteiger partial charge on any atom is -0.677 e.